The van der Waals surface area contributed by atoms with Gasteiger partial charge in [0.05, 0.1) is 11.7 Å². The van der Waals surface area contributed by atoms with Gasteiger partial charge in [0.25, 0.3) is 5.91 Å². The van der Waals surface area contributed by atoms with Gasteiger partial charge in [-0.15, -0.1) is 0 Å². The largest absolute Gasteiger partial charge is 0.481 e. The van der Waals surface area contributed by atoms with Crippen molar-refractivity contribution in [2.24, 2.45) is 5.41 Å². The predicted octanol–water partition coefficient (Wildman–Crippen LogP) is 4.75. The number of hydrogen-bond donors (Lipinski definition) is 1. The molecule has 1 aliphatic rings. The number of hydrogen-bond acceptors (Lipinski definition) is 5. The molecule has 2 atom stereocenters. The van der Waals surface area contributed by atoms with Crippen LogP contribution < -0.4 is 10.1 Å². The summed E-state index contributed by atoms with van der Waals surface area (Å²) in [7, 11) is 0. The Labute approximate surface area is 189 Å². The van der Waals surface area contributed by atoms with Gasteiger partial charge >= 0.3 is 0 Å². The average Bonchev–Trinajstić information content (AvgIpc) is 2.75. The fourth-order valence-electron chi connectivity index (χ4n) is 4.15. The molecular weight excluding hydrogens is 400 g/mol. The second kappa shape index (κ2) is 8.69. The summed E-state index contributed by atoms with van der Waals surface area (Å²) in [5.74, 6) is 1.24. The first kappa shape index (κ1) is 21.9. The summed E-state index contributed by atoms with van der Waals surface area (Å²) in [5.41, 5.74) is 5.24. The molecule has 166 valence electrons. The highest BCUT2D eigenvalue weighted by atomic mass is 16.5. The number of nitrogens with zero attached hydrogens (tertiary/aromatic N) is 3. The molecular formula is C26H30N4O2. The highest BCUT2D eigenvalue weighted by Crippen LogP contribution is 2.40. The molecule has 0 spiro atoms. The highest BCUT2D eigenvalue weighted by Gasteiger charge is 2.35. The van der Waals surface area contributed by atoms with E-state index in [1.807, 2.05) is 43.5 Å². The third-order valence-electron chi connectivity index (χ3n) is 6.09. The lowest BCUT2D eigenvalue weighted by atomic mass is 9.74. The van der Waals surface area contributed by atoms with Crippen molar-refractivity contribution < 1.29 is 9.53 Å². The second-order valence-corrected chi connectivity index (χ2v) is 9.44. The molecule has 6 heteroatoms. The molecule has 1 amide bonds. The Bertz CT molecular complexity index is 1130. The molecule has 2 heterocycles. The van der Waals surface area contributed by atoms with Gasteiger partial charge < -0.3 is 10.1 Å². The van der Waals surface area contributed by atoms with E-state index in [9.17, 15) is 4.79 Å². The summed E-state index contributed by atoms with van der Waals surface area (Å²) in [5, 5.41) is 3.18. The third kappa shape index (κ3) is 4.79. The molecule has 6 nitrogen and oxygen atoms in total. The van der Waals surface area contributed by atoms with Crippen molar-refractivity contribution in [1.29, 1.82) is 0 Å². The van der Waals surface area contributed by atoms with Gasteiger partial charge in [0.2, 0.25) is 0 Å². The van der Waals surface area contributed by atoms with E-state index in [4.69, 9.17) is 9.72 Å². The number of aryl methyl sites for hydroxylation is 2. The lowest BCUT2D eigenvalue weighted by Crippen LogP contribution is -2.42. The fourth-order valence-corrected chi connectivity index (χ4v) is 4.15. The maximum atomic E-state index is 13.0. The maximum Gasteiger partial charge on any atom is 0.261 e. The number of carbonyl (C=O) groups excluding carboxylic acids is 1. The van der Waals surface area contributed by atoms with Gasteiger partial charge in [-0.05, 0) is 74.4 Å². The summed E-state index contributed by atoms with van der Waals surface area (Å²) in [6.45, 7) is 10.3. The van der Waals surface area contributed by atoms with E-state index in [2.05, 4.69) is 36.1 Å². The summed E-state index contributed by atoms with van der Waals surface area (Å²) >= 11 is 0. The molecule has 1 aliphatic carbocycles. The van der Waals surface area contributed by atoms with Crippen LogP contribution in [0.15, 0.2) is 48.9 Å². The average molecular weight is 431 g/mol. The van der Waals surface area contributed by atoms with E-state index in [1.165, 1.54) is 5.56 Å². The summed E-state index contributed by atoms with van der Waals surface area (Å²) in [6.07, 6.45) is 6.38. The van der Waals surface area contributed by atoms with E-state index in [0.29, 0.717) is 11.6 Å². The first-order valence-electron chi connectivity index (χ1n) is 11.0. The van der Waals surface area contributed by atoms with E-state index in [-0.39, 0.29) is 17.4 Å². The molecule has 32 heavy (non-hydrogen) atoms. The number of aromatic nitrogens is 3. The van der Waals surface area contributed by atoms with Crippen LogP contribution in [0.1, 0.15) is 55.6 Å². The predicted molar refractivity (Wildman–Crippen MR) is 124 cm³/mol. The molecule has 0 bridgehead atoms. The zero-order chi connectivity index (χ0) is 22.9. The summed E-state index contributed by atoms with van der Waals surface area (Å²) in [6, 6.07) is 9.53. The first-order valence-corrected chi connectivity index (χ1v) is 11.0. The van der Waals surface area contributed by atoms with Crippen molar-refractivity contribution >= 4 is 5.91 Å². The number of pyridine rings is 1. The molecule has 0 unspecified atom stereocenters. The normalized spacial score (nSPS) is 17.8. The summed E-state index contributed by atoms with van der Waals surface area (Å²) < 4.78 is 5.92. The Morgan fingerprint density at radius 3 is 2.62 bits per heavy atom. The van der Waals surface area contributed by atoms with Gasteiger partial charge in [0.15, 0.2) is 11.9 Å². The molecule has 1 N–H and O–H groups in total. The van der Waals surface area contributed by atoms with Crippen LogP contribution in [0.25, 0.3) is 11.4 Å². The standard InChI is InChI=1S/C26H30N4O2/c1-16-6-7-20(12-17(16)2)32-18(3)25(31)30-23-14-26(4,5)13-22-21(23)15-28-24(29-22)19-8-10-27-11-9-19/h6-12,15,18,23H,13-14H2,1-5H3,(H,30,31)/t18-,23+/m1/s1. The molecule has 3 aromatic rings. The number of benzene rings is 1. The first-order chi connectivity index (χ1) is 15.2. The SMILES string of the molecule is Cc1ccc(O[C@H](C)C(=O)N[C@H]2CC(C)(C)Cc3nc(-c4ccncc4)ncc32)cc1C. The van der Waals surface area contributed by atoms with Crippen LogP contribution in [-0.2, 0) is 11.2 Å². The molecule has 0 saturated carbocycles. The number of ether oxygens (including phenoxy) is 1. The quantitative estimate of drug-likeness (QED) is 0.632. The second-order valence-electron chi connectivity index (χ2n) is 9.44. The van der Waals surface area contributed by atoms with Crippen LogP contribution in [0.4, 0.5) is 0 Å². The van der Waals surface area contributed by atoms with Crippen molar-refractivity contribution in [1.82, 2.24) is 20.3 Å². The van der Waals surface area contributed by atoms with Gasteiger partial charge in [-0.3, -0.25) is 9.78 Å². The van der Waals surface area contributed by atoms with Crippen LogP contribution in [0.3, 0.4) is 0 Å². The Kier molecular flexibility index (Phi) is 5.96. The van der Waals surface area contributed by atoms with Crippen molar-refractivity contribution in [3.63, 3.8) is 0 Å². The number of amides is 1. The minimum absolute atomic E-state index is 0.00692. The number of rotatable bonds is 5. The third-order valence-corrected chi connectivity index (χ3v) is 6.09. The van der Waals surface area contributed by atoms with Gasteiger partial charge in [-0.1, -0.05) is 19.9 Å². The number of carbonyl (C=O) groups is 1. The van der Waals surface area contributed by atoms with Crippen LogP contribution >= 0.6 is 0 Å². The highest BCUT2D eigenvalue weighted by molar-refractivity contribution is 5.81. The Hall–Kier alpha value is -3.28. The zero-order valence-electron chi connectivity index (χ0n) is 19.3. The van der Waals surface area contributed by atoms with Crippen molar-refractivity contribution in [3.05, 3.63) is 71.3 Å². The minimum atomic E-state index is -0.609. The van der Waals surface area contributed by atoms with Crippen LogP contribution in [0.2, 0.25) is 0 Å². The summed E-state index contributed by atoms with van der Waals surface area (Å²) in [4.78, 5) is 26.5. The Balaban J connectivity index is 1.53. The maximum absolute atomic E-state index is 13.0. The van der Waals surface area contributed by atoms with Crippen molar-refractivity contribution in [3.8, 4) is 17.1 Å². The van der Waals surface area contributed by atoms with Crippen molar-refractivity contribution in [2.45, 2.75) is 59.6 Å². The van der Waals surface area contributed by atoms with Crippen LogP contribution in [-0.4, -0.2) is 27.0 Å². The Morgan fingerprint density at radius 1 is 1.16 bits per heavy atom. The lowest BCUT2D eigenvalue weighted by Gasteiger charge is -2.37. The smallest absolute Gasteiger partial charge is 0.261 e. The van der Waals surface area contributed by atoms with Crippen LogP contribution in [0, 0.1) is 19.3 Å². The van der Waals surface area contributed by atoms with Crippen molar-refractivity contribution in [2.75, 3.05) is 0 Å². The lowest BCUT2D eigenvalue weighted by molar-refractivity contribution is -0.128. The number of fused-ring (bicyclic) bond motifs is 1. The fraction of sp³-hybridized carbons (Fsp3) is 0.385. The van der Waals surface area contributed by atoms with Gasteiger partial charge in [0.1, 0.15) is 5.75 Å². The molecule has 1 aromatic carbocycles. The van der Waals surface area contributed by atoms with Gasteiger partial charge in [0, 0.05) is 29.7 Å². The van der Waals surface area contributed by atoms with E-state index < -0.39 is 6.10 Å². The van der Waals surface area contributed by atoms with Gasteiger partial charge in [-0.25, -0.2) is 9.97 Å². The van der Waals surface area contributed by atoms with Crippen LogP contribution in [0.5, 0.6) is 5.75 Å². The monoisotopic (exact) mass is 430 g/mol. The molecule has 0 radical (unpaired) electrons. The van der Waals surface area contributed by atoms with E-state index in [0.717, 1.165) is 35.2 Å². The molecule has 4 rings (SSSR count). The molecule has 0 saturated heterocycles. The van der Waals surface area contributed by atoms with Gasteiger partial charge in [-0.2, -0.15) is 0 Å². The zero-order valence-corrected chi connectivity index (χ0v) is 19.3. The van der Waals surface area contributed by atoms with E-state index >= 15 is 0 Å². The minimum Gasteiger partial charge on any atom is -0.481 e. The topological polar surface area (TPSA) is 77.0 Å². The van der Waals surface area contributed by atoms with E-state index in [1.54, 1.807) is 19.3 Å². The molecule has 0 aliphatic heterocycles. The molecule has 2 aromatic heterocycles. The molecule has 0 fully saturated rings. The number of nitrogens with one attached hydrogen (secondary N) is 1. The Morgan fingerprint density at radius 2 is 1.91 bits per heavy atom.